The molecule has 1 rings (SSSR count). The number of hydrogen-bond acceptors (Lipinski definition) is 4. The molecule has 3 N–H and O–H groups in total. The van der Waals surface area contributed by atoms with Crippen molar-refractivity contribution in [1.29, 1.82) is 0 Å². The van der Waals surface area contributed by atoms with Crippen LogP contribution < -0.4 is 15.8 Å². The minimum atomic E-state index is -0.493. The Hall–Kier alpha value is -1.59. The highest BCUT2D eigenvalue weighted by Crippen LogP contribution is 2.07. The molecular weight excluding hydrogens is 220 g/mol. The van der Waals surface area contributed by atoms with Crippen molar-refractivity contribution in [2.45, 2.75) is 6.42 Å². The fourth-order valence-corrected chi connectivity index (χ4v) is 1.10. The van der Waals surface area contributed by atoms with Crippen LogP contribution in [-0.2, 0) is 4.74 Å². The maximum Gasteiger partial charge on any atom is 0.412 e. The molecule has 1 aromatic carbocycles. The number of nitrogens with two attached hydrogens (primary N) is 1. The van der Waals surface area contributed by atoms with Crippen molar-refractivity contribution in [2.24, 2.45) is 5.73 Å². The summed E-state index contributed by atoms with van der Waals surface area (Å²) < 4.78 is 10.2. The van der Waals surface area contributed by atoms with E-state index in [2.05, 4.69) is 11.4 Å². The summed E-state index contributed by atoms with van der Waals surface area (Å²) >= 11 is 0. The molecule has 0 saturated carbocycles. The molecule has 0 fully saturated rings. The molecule has 0 aliphatic rings. The average Bonchev–Trinajstić information content (AvgIpc) is 2.35. The van der Waals surface area contributed by atoms with Gasteiger partial charge in [0.1, 0.15) is 5.75 Å². The van der Waals surface area contributed by atoms with Crippen molar-refractivity contribution >= 4 is 6.09 Å². The van der Waals surface area contributed by atoms with Crippen molar-refractivity contribution in [2.75, 3.05) is 26.3 Å². The van der Waals surface area contributed by atoms with E-state index in [0.717, 1.165) is 6.42 Å². The van der Waals surface area contributed by atoms with Gasteiger partial charge in [0, 0.05) is 13.2 Å². The molecule has 17 heavy (non-hydrogen) atoms. The quantitative estimate of drug-likeness (QED) is 0.692. The molecule has 1 amide bonds. The summed E-state index contributed by atoms with van der Waals surface area (Å²) in [5.41, 5.74) is 5.30. The van der Waals surface area contributed by atoms with E-state index in [1.54, 1.807) is 24.3 Å². The van der Waals surface area contributed by atoms with Crippen LogP contribution >= 0.6 is 0 Å². The van der Waals surface area contributed by atoms with Gasteiger partial charge in [-0.1, -0.05) is 12.1 Å². The molecule has 0 aliphatic carbocycles. The van der Waals surface area contributed by atoms with Gasteiger partial charge in [-0.3, -0.25) is 0 Å². The number of carbonyl (C=O) groups is 1. The van der Waals surface area contributed by atoms with Gasteiger partial charge in [-0.25, -0.2) is 4.79 Å². The van der Waals surface area contributed by atoms with E-state index in [4.69, 9.17) is 15.2 Å². The smallest absolute Gasteiger partial charge is 0.410 e. The van der Waals surface area contributed by atoms with Crippen LogP contribution in [0.2, 0.25) is 0 Å². The van der Waals surface area contributed by atoms with Crippen molar-refractivity contribution in [3.63, 3.8) is 0 Å². The Morgan fingerprint density at radius 2 is 2.35 bits per heavy atom. The Morgan fingerprint density at radius 1 is 1.47 bits per heavy atom. The zero-order chi connectivity index (χ0) is 12.3. The highest BCUT2D eigenvalue weighted by Gasteiger charge is 2.02. The van der Waals surface area contributed by atoms with Crippen molar-refractivity contribution in [3.05, 3.63) is 30.3 Å². The lowest BCUT2D eigenvalue weighted by atomic mass is 10.3. The van der Waals surface area contributed by atoms with E-state index in [-0.39, 0.29) is 0 Å². The van der Waals surface area contributed by atoms with Gasteiger partial charge in [-0.2, -0.15) is 0 Å². The molecular formula is C12H17N2O3. The summed E-state index contributed by atoms with van der Waals surface area (Å²) in [6, 6.07) is 9.58. The second-order valence-electron chi connectivity index (χ2n) is 3.31. The van der Waals surface area contributed by atoms with Gasteiger partial charge in [0.25, 0.3) is 0 Å². The van der Waals surface area contributed by atoms with Gasteiger partial charge in [0.05, 0.1) is 6.61 Å². The van der Waals surface area contributed by atoms with Gasteiger partial charge in [0.15, 0.2) is 0 Å². The van der Waals surface area contributed by atoms with E-state index in [9.17, 15) is 4.79 Å². The van der Waals surface area contributed by atoms with Gasteiger partial charge < -0.3 is 20.5 Å². The molecule has 5 heteroatoms. The van der Waals surface area contributed by atoms with Gasteiger partial charge in [0.2, 0.25) is 0 Å². The number of carbonyl (C=O) groups excluding carboxylic acids is 1. The SMILES string of the molecule is NCCCOCCNC(=O)Oc1c[c]ccc1. The molecule has 1 radical (unpaired) electrons. The molecule has 0 aromatic heterocycles. The van der Waals surface area contributed by atoms with Crippen LogP contribution in [0.4, 0.5) is 4.79 Å². The standard InChI is InChI=1S/C12H17N2O3/c13-7-4-9-16-10-8-14-12(15)17-11-5-2-1-3-6-11/h1-2,5-6H,4,7-10,13H2,(H,14,15). The molecule has 0 unspecified atom stereocenters. The minimum absolute atomic E-state index is 0.417. The lowest BCUT2D eigenvalue weighted by Crippen LogP contribution is -2.30. The summed E-state index contributed by atoms with van der Waals surface area (Å²) in [6.07, 6.45) is 0.330. The molecule has 0 bridgehead atoms. The first-order valence-electron chi connectivity index (χ1n) is 5.52. The van der Waals surface area contributed by atoms with Crippen LogP contribution in [0.3, 0.4) is 0 Å². The molecule has 0 aliphatic heterocycles. The second kappa shape index (κ2) is 8.55. The van der Waals surface area contributed by atoms with Crippen LogP contribution in [0.25, 0.3) is 0 Å². The summed E-state index contributed by atoms with van der Waals surface area (Å²) in [6.45, 7) is 2.09. The Morgan fingerprint density at radius 3 is 3.06 bits per heavy atom. The van der Waals surface area contributed by atoms with Crippen molar-refractivity contribution < 1.29 is 14.3 Å². The zero-order valence-electron chi connectivity index (χ0n) is 9.65. The number of ether oxygens (including phenoxy) is 2. The number of benzene rings is 1. The molecule has 1 aromatic rings. The van der Waals surface area contributed by atoms with E-state index in [1.165, 1.54) is 0 Å². The van der Waals surface area contributed by atoms with Gasteiger partial charge in [-0.15, -0.1) is 0 Å². The summed E-state index contributed by atoms with van der Waals surface area (Å²) in [5, 5.41) is 2.58. The predicted octanol–water partition coefficient (Wildman–Crippen LogP) is 0.941. The maximum absolute atomic E-state index is 11.3. The third-order valence-corrected chi connectivity index (χ3v) is 1.90. The first-order chi connectivity index (χ1) is 8.33. The number of rotatable bonds is 7. The summed E-state index contributed by atoms with van der Waals surface area (Å²) in [5.74, 6) is 0.467. The minimum Gasteiger partial charge on any atom is -0.410 e. The highest BCUT2D eigenvalue weighted by molar-refractivity contribution is 5.70. The summed E-state index contributed by atoms with van der Waals surface area (Å²) in [4.78, 5) is 11.3. The summed E-state index contributed by atoms with van der Waals surface area (Å²) in [7, 11) is 0. The lowest BCUT2D eigenvalue weighted by molar-refractivity contribution is 0.132. The van der Waals surface area contributed by atoms with Crippen LogP contribution in [-0.4, -0.2) is 32.4 Å². The topological polar surface area (TPSA) is 73.6 Å². The van der Waals surface area contributed by atoms with Crippen molar-refractivity contribution in [3.8, 4) is 5.75 Å². The first-order valence-corrected chi connectivity index (χ1v) is 5.52. The number of amides is 1. The fourth-order valence-electron chi connectivity index (χ4n) is 1.10. The largest absolute Gasteiger partial charge is 0.412 e. The predicted molar refractivity (Wildman–Crippen MR) is 63.8 cm³/mol. The Bertz CT molecular complexity index is 317. The van der Waals surface area contributed by atoms with Crippen LogP contribution in [0.15, 0.2) is 24.3 Å². The maximum atomic E-state index is 11.3. The highest BCUT2D eigenvalue weighted by atomic mass is 16.6. The fraction of sp³-hybridized carbons (Fsp3) is 0.417. The number of hydrogen-bond donors (Lipinski definition) is 2. The van der Waals surface area contributed by atoms with Crippen molar-refractivity contribution in [1.82, 2.24) is 5.32 Å². The Kier molecular flexibility index (Phi) is 6.78. The van der Waals surface area contributed by atoms with E-state index in [0.29, 0.717) is 32.1 Å². The van der Waals surface area contributed by atoms with E-state index >= 15 is 0 Å². The molecule has 0 atom stereocenters. The number of nitrogens with one attached hydrogen (secondary N) is 1. The average molecular weight is 237 g/mol. The molecule has 93 valence electrons. The normalized spacial score (nSPS) is 9.94. The molecule has 5 nitrogen and oxygen atoms in total. The second-order valence-corrected chi connectivity index (χ2v) is 3.31. The third-order valence-electron chi connectivity index (χ3n) is 1.90. The van der Waals surface area contributed by atoms with E-state index in [1.807, 2.05) is 0 Å². The van der Waals surface area contributed by atoms with Gasteiger partial charge in [-0.05, 0) is 31.2 Å². The van der Waals surface area contributed by atoms with Gasteiger partial charge >= 0.3 is 6.09 Å². The zero-order valence-corrected chi connectivity index (χ0v) is 9.65. The van der Waals surface area contributed by atoms with Crippen LogP contribution in [0.5, 0.6) is 5.75 Å². The van der Waals surface area contributed by atoms with E-state index < -0.39 is 6.09 Å². The van der Waals surface area contributed by atoms with Crippen LogP contribution in [0, 0.1) is 6.07 Å². The Labute approximate surface area is 101 Å². The third kappa shape index (κ3) is 6.55. The molecule has 0 saturated heterocycles. The lowest BCUT2D eigenvalue weighted by Gasteiger charge is -2.06. The molecule has 0 heterocycles. The molecule has 0 spiro atoms. The Balaban J connectivity index is 2.06. The van der Waals surface area contributed by atoms with Crippen LogP contribution in [0.1, 0.15) is 6.42 Å². The first kappa shape index (κ1) is 13.5. The monoisotopic (exact) mass is 237 g/mol.